The smallest absolute Gasteiger partial charge is 0.163 e. The van der Waals surface area contributed by atoms with Gasteiger partial charge in [-0.25, -0.2) is 0 Å². The maximum absolute atomic E-state index is 12.3. The van der Waals surface area contributed by atoms with E-state index in [0.29, 0.717) is 6.42 Å². The molecule has 20 heavy (non-hydrogen) atoms. The highest BCUT2D eigenvalue weighted by atomic mass is 79.9. The van der Waals surface area contributed by atoms with Gasteiger partial charge in [0.2, 0.25) is 0 Å². The van der Waals surface area contributed by atoms with Crippen LogP contribution in [0.5, 0.6) is 5.75 Å². The number of carbonyl (C=O) groups excluding carboxylic acids is 1. The fourth-order valence-electron chi connectivity index (χ4n) is 2.19. The minimum Gasteiger partial charge on any atom is -0.496 e. The van der Waals surface area contributed by atoms with Crippen LogP contribution in [-0.2, 0) is 0 Å². The van der Waals surface area contributed by atoms with Crippen molar-refractivity contribution in [1.82, 2.24) is 0 Å². The zero-order valence-electron chi connectivity index (χ0n) is 12.3. The van der Waals surface area contributed by atoms with Crippen molar-refractivity contribution in [2.75, 3.05) is 7.11 Å². The molecule has 0 heterocycles. The van der Waals surface area contributed by atoms with Gasteiger partial charge in [-0.05, 0) is 44.3 Å². The quantitative estimate of drug-likeness (QED) is 0.718. The Labute approximate surface area is 128 Å². The summed E-state index contributed by atoms with van der Waals surface area (Å²) in [4.78, 5) is 12.3. The third kappa shape index (κ3) is 3.21. The molecule has 0 atom stereocenters. The second kappa shape index (κ2) is 5.57. The molecule has 0 spiro atoms. The van der Waals surface area contributed by atoms with Crippen LogP contribution in [0.15, 0.2) is 34.8 Å². The van der Waals surface area contributed by atoms with Crippen molar-refractivity contribution in [3.05, 3.63) is 40.4 Å². The molecule has 0 saturated heterocycles. The molecular weight excluding hydrogens is 316 g/mol. The highest BCUT2D eigenvalue weighted by Crippen LogP contribution is 2.33. The lowest BCUT2D eigenvalue weighted by atomic mass is 9.87. The van der Waals surface area contributed by atoms with Crippen LogP contribution in [0.4, 0.5) is 0 Å². The second-order valence-electron chi connectivity index (χ2n) is 6.18. The Hall–Kier alpha value is -1.35. The number of hydrogen-bond acceptors (Lipinski definition) is 2. The molecule has 0 radical (unpaired) electrons. The van der Waals surface area contributed by atoms with Crippen LogP contribution < -0.4 is 4.74 Å². The molecule has 0 bridgehead atoms. The first-order chi connectivity index (χ1) is 9.31. The number of benzene rings is 2. The van der Waals surface area contributed by atoms with Crippen LogP contribution in [-0.4, -0.2) is 12.9 Å². The Balaban J connectivity index is 2.42. The predicted molar refractivity (Wildman–Crippen MR) is 86.6 cm³/mol. The molecule has 0 amide bonds. The van der Waals surface area contributed by atoms with Crippen LogP contribution in [0.3, 0.4) is 0 Å². The molecule has 0 saturated carbocycles. The number of fused-ring (bicyclic) bond motifs is 1. The zero-order chi connectivity index (χ0) is 14.9. The van der Waals surface area contributed by atoms with Crippen molar-refractivity contribution in [2.24, 2.45) is 5.41 Å². The average molecular weight is 335 g/mol. The van der Waals surface area contributed by atoms with Crippen molar-refractivity contribution >= 4 is 32.5 Å². The van der Waals surface area contributed by atoms with Crippen LogP contribution >= 0.6 is 15.9 Å². The van der Waals surface area contributed by atoms with E-state index in [4.69, 9.17) is 4.74 Å². The number of ketones is 1. The lowest BCUT2D eigenvalue weighted by molar-refractivity contribution is 0.0940. The average Bonchev–Trinajstić information content (AvgIpc) is 2.37. The molecule has 2 aromatic carbocycles. The molecule has 3 heteroatoms. The predicted octanol–water partition coefficient (Wildman–Crippen LogP) is 5.23. The van der Waals surface area contributed by atoms with Gasteiger partial charge in [-0.15, -0.1) is 0 Å². The highest BCUT2D eigenvalue weighted by molar-refractivity contribution is 9.10. The molecule has 0 fully saturated rings. The Morgan fingerprint density at radius 3 is 2.50 bits per heavy atom. The number of carbonyl (C=O) groups is 1. The second-order valence-corrected chi connectivity index (χ2v) is 6.97. The van der Waals surface area contributed by atoms with E-state index in [1.165, 1.54) is 0 Å². The Bertz CT molecular complexity index is 654. The standard InChI is InChI=1S/C17H19BrO2/c1-17(2,3)10-14(19)12-5-7-13-11(9-12)6-8-15(20-4)16(13)18/h5-9H,10H2,1-4H3. The summed E-state index contributed by atoms with van der Waals surface area (Å²) in [5.74, 6) is 0.984. The lowest BCUT2D eigenvalue weighted by Gasteiger charge is -2.17. The Morgan fingerprint density at radius 1 is 1.20 bits per heavy atom. The third-order valence-corrected chi connectivity index (χ3v) is 3.97. The molecule has 0 aliphatic carbocycles. The number of hydrogen-bond donors (Lipinski definition) is 0. The van der Waals surface area contributed by atoms with E-state index in [2.05, 4.69) is 36.7 Å². The summed E-state index contributed by atoms with van der Waals surface area (Å²) in [5.41, 5.74) is 0.775. The van der Waals surface area contributed by atoms with Crippen LogP contribution in [0.1, 0.15) is 37.6 Å². The van der Waals surface area contributed by atoms with E-state index in [-0.39, 0.29) is 11.2 Å². The minimum absolute atomic E-state index is 0.00648. The SMILES string of the molecule is COc1ccc2cc(C(=O)CC(C)(C)C)ccc2c1Br. The molecule has 0 aliphatic rings. The van der Waals surface area contributed by atoms with Crippen LogP contribution in [0.2, 0.25) is 0 Å². The molecule has 106 valence electrons. The van der Waals surface area contributed by atoms with E-state index in [1.807, 2.05) is 30.3 Å². The van der Waals surface area contributed by atoms with Crippen LogP contribution in [0.25, 0.3) is 10.8 Å². The summed E-state index contributed by atoms with van der Waals surface area (Å²) in [6, 6.07) is 9.70. The number of Topliss-reactive ketones (excluding diaryl/α,β-unsaturated/α-hetero) is 1. The van der Waals surface area contributed by atoms with E-state index in [9.17, 15) is 4.79 Å². The van der Waals surface area contributed by atoms with Gasteiger partial charge in [0.05, 0.1) is 11.6 Å². The normalized spacial score (nSPS) is 11.7. The maximum atomic E-state index is 12.3. The number of rotatable bonds is 3. The summed E-state index contributed by atoms with van der Waals surface area (Å²) in [6.45, 7) is 6.23. The molecule has 0 unspecified atom stereocenters. The van der Waals surface area contributed by atoms with E-state index in [0.717, 1.165) is 26.6 Å². The largest absolute Gasteiger partial charge is 0.496 e. The van der Waals surface area contributed by atoms with Gasteiger partial charge in [0.25, 0.3) is 0 Å². The van der Waals surface area contributed by atoms with Crippen molar-refractivity contribution in [1.29, 1.82) is 0 Å². The maximum Gasteiger partial charge on any atom is 0.163 e. The van der Waals surface area contributed by atoms with Crippen molar-refractivity contribution in [3.8, 4) is 5.75 Å². The van der Waals surface area contributed by atoms with Gasteiger partial charge in [-0.3, -0.25) is 4.79 Å². The first-order valence-electron chi connectivity index (χ1n) is 6.61. The monoisotopic (exact) mass is 334 g/mol. The minimum atomic E-state index is 0.00648. The summed E-state index contributed by atoms with van der Waals surface area (Å²) in [6.07, 6.45) is 0.551. The first-order valence-corrected chi connectivity index (χ1v) is 7.40. The van der Waals surface area contributed by atoms with Gasteiger partial charge >= 0.3 is 0 Å². The van der Waals surface area contributed by atoms with E-state index < -0.39 is 0 Å². The Kier molecular flexibility index (Phi) is 4.19. The number of methoxy groups -OCH3 is 1. The third-order valence-electron chi connectivity index (χ3n) is 3.15. The lowest BCUT2D eigenvalue weighted by Crippen LogP contribution is -2.12. The summed E-state index contributed by atoms with van der Waals surface area (Å²) >= 11 is 3.54. The summed E-state index contributed by atoms with van der Waals surface area (Å²) in [5, 5.41) is 2.09. The fourth-order valence-corrected chi connectivity index (χ4v) is 2.84. The van der Waals surface area contributed by atoms with Gasteiger partial charge < -0.3 is 4.74 Å². The molecule has 0 N–H and O–H groups in total. The molecule has 0 aliphatic heterocycles. The number of halogens is 1. The molecule has 2 nitrogen and oxygen atoms in total. The van der Waals surface area contributed by atoms with Gasteiger partial charge in [-0.1, -0.05) is 39.0 Å². The molecule has 2 aromatic rings. The Morgan fingerprint density at radius 2 is 1.90 bits per heavy atom. The topological polar surface area (TPSA) is 26.3 Å². The van der Waals surface area contributed by atoms with Gasteiger partial charge in [0.15, 0.2) is 5.78 Å². The van der Waals surface area contributed by atoms with Gasteiger partial charge in [0.1, 0.15) is 5.75 Å². The molecule has 0 aromatic heterocycles. The van der Waals surface area contributed by atoms with Crippen molar-refractivity contribution < 1.29 is 9.53 Å². The highest BCUT2D eigenvalue weighted by Gasteiger charge is 2.18. The van der Waals surface area contributed by atoms with Gasteiger partial charge in [0, 0.05) is 12.0 Å². The van der Waals surface area contributed by atoms with E-state index >= 15 is 0 Å². The fraction of sp³-hybridized carbons (Fsp3) is 0.353. The first kappa shape index (κ1) is 15.0. The van der Waals surface area contributed by atoms with Crippen molar-refractivity contribution in [3.63, 3.8) is 0 Å². The van der Waals surface area contributed by atoms with Crippen molar-refractivity contribution in [2.45, 2.75) is 27.2 Å². The molecule has 2 rings (SSSR count). The van der Waals surface area contributed by atoms with Crippen LogP contribution in [0, 0.1) is 5.41 Å². The zero-order valence-corrected chi connectivity index (χ0v) is 13.9. The summed E-state index contributed by atoms with van der Waals surface area (Å²) < 4.78 is 6.21. The van der Waals surface area contributed by atoms with Gasteiger partial charge in [-0.2, -0.15) is 0 Å². The molecular formula is C17H19BrO2. The number of ether oxygens (including phenoxy) is 1. The summed E-state index contributed by atoms with van der Waals surface area (Å²) in [7, 11) is 1.65. The van der Waals surface area contributed by atoms with E-state index in [1.54, 1.807) is 7.11 Å².